The van der Waals surface area contributed by atoms with Gasteiger partial charge in [-0.2, -0.15) is 0 Å². The van der Waals surface area contributed by atoms with Gasteiger partial charge in [0.25, 0.3) is 0 Å². The van der Waals surface area contributed by atoms with Crippen molar-refractivity contribution in [3.63, 3.8) is 0 Å². The minimum atomic E-state index is -1.32. The molecule has 0 bridgehead atoms. The summed E-state index contributed by atoms with van der Waals surface area (Å²) in [6, 6.07) is -0.119. The SMILES string of the molecule is CCOC(=O)[C@@H](Cc1cc(F)c(F)cc1F)NC(C)=O. The molecule has 1 amide bonds. The Balaban J connectivity index is 2.97. The first-order valence-corrected chi connectivity index (χ1v) is 5.92. The van der Waals surface area contributed by atoms with E-state index in [9.17, 15) is 22.8 Å². The minimum absolute atomic E-state index is 0.0786. The number of halogens is 3. The maximum atomic E-state index is 13.5. The number of hydrogen-bond donors (Lipinski definition) is 1. The first-order valence-electron chi connectivity index (χ1n) is 5.92. The number of amides is 1. The van der Waals surface area contributed by atoms with Gasteiger partial charge in [0.15, 0.2) is 11.6 Å². The molecule has 0 aliphatic heterocycles. The van der Waals surface area contributed by atoms with Crippen LogP contribution in [0.3, 0.4) is 0 Å². The first-order chi connectivity index (χ1) is 9.35. The molecule has 1 rings (SSSR count). The van der Waals surface area contributed by atoms with Crippen LogP contribution < -0.4 is 5.32 Å². The second kappa shape index (κ2) is 6.93. The highest BCUT2D eigenvalue weighted by Crippen LogP contribution is 2.16. The van der Waals surface area contributed by atoms with Crippen molar-refractivity contribution >= 4 is 11.9 Å². The van der Waals surface area contributed by atoms with Crippen LogP contribution >= 0.6 is 0 Å². The largest absolute Gasteiger partial charge is 0.464 e. The number of esters is 1. The van der Waals surface area contributed by atoms with E-state index in [4.69, 9.17) is 4.74 Å². The highest BCUT2D eigenvalue weighted by molar-refractivity contribution is 5.83. The zero-order valence-electron chi connectivity index (χ0n) is 11.0. The topological polar surface area (TPSA) is 55.4 Å². The van der Waals surface area contributed by atoms with E-state index in [-0.39, 0.29) is 18.6 Å². The average molecular weight is 289 g/mol. The fourth-order valence-electron chi connectivity index (χ4n) is 1.62. The summed E-state index contributed by atoms with van der Waals surface area (Å²) < 4.78 is 44.1. The van der Waals surface area contributed by atoms with E-state index in [2.05, 4.69) is 5.32 Å². The molecule has 0 fully saturated rings. The van der Waals surface area contributed by atoms with Crippen molar-refractivity contribution in [2.75, 3.05) is 6.61 Å². The minimum Gasteiger partial charge on any atom is -0.464 e. The number of carbonyl (C=O) groups is 2. The van der Waals surface area contributed by atoms with E-state index in [0.29, 0.717) is 12.1 Å². The third-order valence-corrected chi connectivity index (χ3v) is 2.46. The summed E-state index contributed by atoms with van der Waals surface area (Å²) >= 11 is 0. The molecule has 0 aromatic heterocycles. The zero-order valence-corrected chi connectivity index (χ0v) is 11.0. The molecule has 1 aromatic carbocycles. The Kier molecular flexibility index (Phi) is 5.54. The molecule has 0 aliphatic rings. The number of nitrogens with one attached hydrogen (secondary N) is 1. The summed E-state index contributed by atoms with van der Waals surface area (Å²) in [6.45, 7) is 2.82. The summed E-state index contributed by atoms with van der Waals surface area (Å²) in [5.74, 6) is -4.84. The van der Waals surface area contributed by atoms with Crippen molar-refractivity contribution in [2.45, 2.75) is 26.3 Å². The highest BCUT2D eigenvalue weighted by Gasteiger charge is 2.23. The lowest BCUT2D eigenvalue weighted by Crippen LogP contribution is -2.42. The van der Waals surface area contributed by atoms with Crippen LogP contribution in [0.5, 0.6) is 0 Å². The standard InChI is InChI=1S/C13H14F3NO3/c1-3-20-13(19)12(17-7(2)18)5-8-4-10(15)11(16)6-9(8)14/h4,6,12H,3,5H2,1-2H3,(H,17,18)/t12-/m1/s1. The summed E-state index contributed by atoms with van der Waals surface area (Å²) in [5, 5.41) is 2.28. The van der Waals surface area contributed by atoms with Gasteiger partial charge in [-0.1, -0.05) is 0 Å². The number of rotatable bonds is 5. The molecular formula is C13H14F3NO3. The van der Waals surface area contributed by atoms with Crippen molar-refractivity contribution in [1.29, 1.82) is 0 Å². The lowest BCUT2D eigenvalue weighted by atomic mass is 10.0. The van der Waals surface area contributed by atoms with Crippen molar-refractivity contribution in [1.82, 2.24) is 5.32 Å². The van der Waals surface area contributed by atoms with Gasteiger partial charge >= 0.3 is 5.97 Å². The molecule has 0 heterocycles. The number of benzene rings is 1. The van der Waals surface area contributed by atoms with Crippen molar-refractivity contribution in [2.24, 2.45) is 0 Å². The molecule has 20 heavy (non-hydrogen) atoms. The monoisotopic (exact) mass is 289 g/mol. The Morgan fingerprint density at radius 1 is 1.20 bits per heavy atom. The Hall–Kier alpha value is -2.05. The Bertz CT molecular complexity index is 520. The molecule has 1 N–H and O–H groups in total. The second-order valence-electron chi connectivity index (χ2n) is 4.07. The van der Waals surface area contributed by atoms with E-state index in [1.807, 2.05) is 0 Å². The van der Waals surface area contributed by atoms with Crippen LogP contribution in [0, 0.1) is 17.5 Å². The number of ether oxygens (including phenoxy) is 1. The van der Waals surface area contributed by atoms with Gasteiger partial charge in [-0.15, -0.1) is 0 Å². The summed E-state index contributed by atoms with van der Waals surface area (Å²) in [7, 11) is 0. The molecule has 0 aliphatic carbocycles. The fraction of sp³-hybridized carbons (Fsp3) is 0.385. The molecule has 0 saturated carbocycles. The lowest BCUT2D eigenvalue weighted by Gasteiger charge is -2.16. The van der Waals surface area contributed by atoms with E-state index >= 15 is 0 Å². The Morgan fingerprint density at radius 3 is 2.35 bits per heavy atom. The number of hydrogen-bond acceptors (Lipinski definition) is 3. The van der Waals surface area contributed by atoms with Gasteiger partial charge in [0, 0.05) is 19.4 Å². The highest BCUT2D eigenvalue weighted by atomic mass is 19.2. The molecule has 1 atom stereocenters. The van der Waals surface area contributed by atoms with Gasteiger partial charge in [-0.3, -0.25) is 4.79 Å². The molecular weight excluding hydrogens is 275 g/mol. The van der Waals surface area contributed by atoms with E-state index < -0.39 is 35.4 Å². The normalized spacial score (nSPS) is 11.8. The lowest BCUT2D eigenvalue weighted by molar-refractivity contribution is -0.147. The quantitative estimate of drug-likeness (QED) is 0.663. The smallest absolute Gasteiger partial charge is 0.328 e. The van der Waals surface area contributed by atoms with Crippen LogP contribution in [-0.2, 0) is 20.7 Å². The molecule has 4 nitrogen and oxygen atoms in total. The third-order valence-electron chi connectivity index (χ3n) is 2.46. The maximum Gasteiger partial charge on any atom is 0.328 e. The van der Waals surface area contributed by atoms with Crippen molar-refractivity contribution in [3.8, 4) is 0 Å². The fourth-order valence-corrected chi connectivity index (χ4v) is 1.62. The van der Waals surface area contributed by atoms with Crippen molar-refractivity contribution in [3.05, 3.63) is 35.1 Å². The van der Waals surface area contributed by atoms with Crippen LogP contribution in [-0.4, -0.2) is 24.5 Å². The van der Waals surface area contributed by atoms with E-state index in [0.717, 1.165) is 0 Å². The van der Waals surface area contributed by atoms with Gasteiger partial charge in [-0.25, -0.2) is 18.0 Å². The first kappa shape index (κ1) is 16.0. The molecule has 110 valence electrons. The molecule has 0 saturated heterocycles. The Labute approximate surface area is 113 Å². The molecule has 0 radical (unpaired) electrons. The predicted molar refractivity (Wildman–Crippen MR) is 64.3 cm³/mol. The second-order valence-corrected chi connectivity index (χ2v) is 4.07. The zero-order chi connectivity index (χ0) is 15.3. The van der Waals surface area contributed by atoms with Crippen LogP contribution in [0.4, 0.5) is 13.2 Å². The van der Waals surface area contributed by atoms with Gasteiger partial charge in [0.2, 0.25) is 5.91 Å². The van der Waals surface area contributed by atoms with Gasteiger partial charge in [0.1, 0.15) is 11.9 Å². The maximum absolute atomic E-state index is 13.5. The van der Waals surface area contributed by atoms with E-state index in [1.54, 1.807) is 6.92 Å². The summed E-state index contributed by atoms with van der Waals surface area (Å²) in [5.41, 5.74) is -0.226. The van der Waals surface area contributed by atoms with Gasteiger partial charge in [0.05, 0.1) is 6.61 Å². The number of carbonyl (C=O) groups excluding carboxylic acids is 2. The van der Waals surface area contributed by atoms with Crippen LogP contribution in [0.25, 0.3) is 0 Å². The van der Waals surface area contributed by atoms with Crippen LogP contribution in [0.2, 0.25) is 0 Å². The van der Waals surface area contributed by atoms with E-state index in [1.165, 1.54) is 6.92 Å². The van der Waals surface area contributed by atoms with Gasteiger partial charge in [-0.05, 0) is 18.6 Å². The van der Waals surface area contributed by atoms with Gasteiger partial charge < -0.3 is 10.1 Å². The molecule has 1 aromatic rings. The average Bonchev–Trinajstić information content (AvgIpc) is 2.34. The Morgan fingerprint density at radius 2 is 1.80 bits per heavy atom. The van der Waals surface area contributed by atoms with Crippen LogP contribution in [0.1, 0.15) is 19.4 Å². The van der Waals surface area contributed by atoms with Crippen molar-refractivity contribution < 1.29 is 27.5 Å². The third kappa shape index (κ3) is 4.25. The molecule has 0 unspecified atom stereocenters. The predicted octanol–water partition coefficient (Wildman–Crippen LogP) is 1.71. The summed E-state index contributed by atoms with van der Waals surface area (Å²) in [6.07, 6.45) is -0.332. The van der Waals surface area contributed by atoms with Crippen LogP contribution in [0.15, 0.2) is 12.1 Å². The summed E-state index contributed by atoms with van der Waals surface area (Å²) in [4.78, 5) is 22.6. The molecule has 7 heteroatoms. The molecule has 0 spiro atoms.